The van der Waals surface area contributed by atoms with Crippen molar-refractivity contribution in [2.45, 2.75) is 31.0 Å². The van der Waals surface area contributed by atoms with E-state index in [1.807, 2.05) is 25.1 Å². The Hall–Kier alpha value is -1.11. The highest BCUT2D eigenvalue weighted by Crippen LogP contribution is 2.30. The Labute approximate surface area is 137 Å². The van der Waals surface area contributed by atoms with Crippen LogP contribution in [0.25, 0.3) is 0 Å². The van der Waals surface area contributed by atoms with Gasteiger partial charge in [-0.05, 0) is 38.0 Å². The standard InChI is InChI=1S/C14H16ClN3OS2/c1-9(19)5-4-8-20-14-18-17-13(21-14)16-12-7-3-6-11(15)10(12)2/h3,6-7H,4-5,8H2,1-2H3,(H,16,17). The van der Waals surface area contributed by atoms with Crippen molar-refractivity contribution in [1.29, 1.82) is 0 Å². The van der Waals surface area contributed by atoms with Gasteiger partial charge in [0.1, 0.15) is 5.78 Å². The van der Waals surface area contributed by atoms with Crippen molar-refractivity contribution in [3.63, 3.8) is 0 Å². The monoisotopic (exact) mass is 341 g/mol. The number of halogens is 1. The summed E-state index contributed by atoms with van der Waals surface area (Å²) < 4.78 is 0.903. The van der Waals surface area contributed by atoms with Crippen LogP contribution in [0, 0.1) is 6.92 Å². The molecule has 0 aliphatic carbocycles. The molecule has 1 N–H and O–H groups in total. The number of nitrogens with one attached hydrogen (secondary N) is 1. The normalized spacial score (nSPS) is 10.6. The van der Waals surface area contributed by atoms with Crippen LogP contribution in [0.1, 0.15) is 25.3 Å². The van der Waals surface area contributed by atoms with Crippen LogP contribution in [0.4, 0.5) is 10.8 Å². The molecule has 0 unspecified atom stereocenters. The molecule has 1 aromatic carbocycles. The summed E-state index contributed by atoms with van der Waals surface area (Å²) in [4.78, 5) is 10.9. The van der Waals surface area contributed by atoms with E-state index in [1.54, 1.807) is 18.7 Å². The number of hydrogen-bond donors (Lipinski definition) is 1. The zero-order chi connectivity index (χ0) is 15.2. The molecule has 0 radical (unpaired) electrons. The predicted molar refractivity (Wildman–Crippen MR) is 90.0 cm³/mol. The molecular weight excluding hydrogens is 326 g/mol. The first-order valence-corrected chi connectivity index (χ1v) is 8.72. The smallest absolute Gasteiger partial charge is 0.210 e. The van der Waals surface area contributed by atoms with E-state index in [-0.39, 0.29) is 5.78 Å². The lowest BCUT2D eigenvalue weighted by atomic mass is 10.2. The van der Waals surface area contributed by atoms with E-state index < -0.39 is 0 Å². The summed E-state index contributed by atoms with van der Waals surface area (Å²) in [5, 5.41) is 13.0. The number of hydrogen-bond acceptors (Lipinski definition) is 6. The van der Waals surface area contributed by atoms with Crippen molar-refractivity contribution in [2.75, 3.05) is 11.1 Å². The Morgan fingerprint density at radius 2 is 2.24 bits per heavy atom. The lowest BCUT2D eigenvalue weighted by Crippen LogP contribution is -1.92. The maximum atomic E-state index is 10.9. The number of aromatic nitrogens is 2. The molecule has 0 aliphatic rings. The molecule has 0 saturated heterocycles. The van der Waals surface area contributed by atoms with E-state index in [0.29, 0.717) is 6.42 Å². The molecule has 0 saturated carbocycles. The zero-order valence-corrected chi connectivity index (χ0v) is 14.2. The fourth-order valence-corrected chi connectivity index (χ4v) is 3.61. The highest BCUT2D eigenvalue weighted by atomic mass is 35.5. The number of nitrogens with zero attached hydrogens (tertiary/aromatic N) is 2. The quantitative estimate of drug-likeness (QED) is 0.584. The van der Waals surface area contributed by atoms with Gasteiger partial charge in [0.2, 0.25) is 5.13 Å². The third kappa shape index (κ3) is 4.98. The topological polar surface area (TPSA) is 54.9 Å². The van der Waals surface area contributed by atoms with E-state index in [4.69, 9.17) is 11.6 Å². The number of anilines is 2. The average Bonchev–Trinajstić information content (AvgIpc) is 2.87. The lowest BCUT2D eigenvalue weighted by molar-refractivity contribution is -0.117. The van der Waals surface area contributed by atoms with Gasteiger partial charge < -0.3 is 10.1 Å². The zero-order valence-electron chi connectivity index (χ0n) is 11.9. The van der Waals surface area contributed by atoms with Gasteiger partial charge in [0.05, 0.1) is 0 Å². The average molecular weight is 342 g/mol. The number of ketones is 1. The first kappa shape index (κ1) is 16.3. The molecule has 1 heterocycles. The second-order valence-electron chi connectivity index (χ2n) is 4.56. The summed E-state index contributed by atoms with van der Waals surface area (Å²) in [7, 11) is 0. The minimum absolute atomic E-state index is 0.228. The molecule has 0 amide bonds. The van der Waals surface area contributed by atoms with Gasteiger partial charge in [-0.15, -0.1) is 10.2 Å². The number of carbonyl (C=O) groups is 1. The van der Waals surface area contributed by atoms with E-state index in [1.165, 1.54) is 11.3 Å². The van der Waals surface area contributed by atoms with Gasteiger partial charge >= 0.3 is 0 Å². The molecule has 2 aromatic rings. The van der Waals surface area contributed by atoms with Gasteiger partial charge in [0, 0.05) is 22.9 Å². The number of Topliss-reactive ketones (excluding diaryl/α,β-unsaturated/α-hetero) is 1. The van der Waals surface area contributed by atoms with Crippen LogP contribution in [0.3, 0.4) is 0 Å². The molecule has 4 nitrogen and oxygen atoms in total. The maximum absolute atomic E-state index is 10.9. The Morgan fingerprint density at radius 3 is 3.00 bits per heavy atom. The van der Waals surface area contributed by atoms with Gasteiger partial charge in [-0.1, -0.05) is 40.8 Å². The summed E-state index contributed by atoms with van der Waals surface area (Å²) in [6.07, 6.45) is 1.49. The Morgan fingerprint density at radius 1 is 1.43 bits per heavy atom. The molecule has 0 aliphatic heterocycles. The molecule has 0 bridgehead atoms. The van der Waals surface area contributed by atoms with Crippen LogP contribution in [0.15, 0.2) is 22.5 Å². The first-order valence-electron chi connectivity index (χ1n) is 6.54. The van der Waals surface area contributed by atoms with Crippen LogP contribution >= 0.6 is 34.7 Å². The van der Waals surface area contributed by atoms with Crippen molar-refractivity contribution in [3.05, 3.63) is 28.8 Å². The molecular formula is C14H16ClN3OS2. The highest BCUT2D eigenvalue weighted by molar-refractivity contribution is 8.01. The number of carbonyl (C=O) groups excluding carboxylic acids is 1. The lowest BCUT2D eigenvalue weighted by Gasteiger charge is -2.06. The molecule has 2 rings (SSSR count). The van der Waals surface area contributed by atoms with E-state index in [2.05, 4.69) is 15.5 Å². The SMILES string of the molecule is CC(=O)CCCSc1nnc(Nc2cccc(Cl)c2C)s1. The van der Waals surface area contributed by atoms with Gasteiger partial charge in [-0.25, -0.2) is 0 Å². The largest absolute Gasteiger partial charge is 0.330 e. The van der Waals surface area contributed by atoms with Crippen molar-refractivity contribution in [1.82, 2.24) is 10.2 Å². The fourth-order valence-electron chi connectivity index (χ4n) is 1.66. The van der Waals surface area contributed by atoms with Gasteiger partial charge in [0.15, 0.2) is 4.34 Å². The summed E-state index contributed by atoms with van der Waals surface area (Å²) in [6, 6.07) is 5.72. The molecule has 1 aromatic heterocycles. The van der Waals surface area contributed by atoms with Crippen LogP contribution in [0.5, 0.6) is 0 Å². The van der Waals surface area contributed by atoms with E-state index in [0.717, 1.165) is 37.9 Å². The summed E-state index contributed by atoms with van der Waals surface area (Å²) in [6.45, 7) is 3.58. The van der Waals surface area contributed by atoms with E-state index >= 15 is 0 Å². The molecule has 0 atom stereocenters. The summed E-state index contributed by atoms with van der Waals surface area (Å²) >= 11 is 9.22. The third-order valence-electron chi connectivity index (χ3n) is 2.81. The van der Waals surface area contributed by atoms with Crippen molar-refractivity contribution in [2.24, 2.45) is 0 Å². The molecule has 112 valence electrons. The first-order chi connectivity index (χ1) is 10.1. The van der Waals surface area contributed by atoms with Gasteiger partial charge in [0.25, 0.3) is 0 Å². The van der Waals surface area contributed by atoms with Crippen LogP contribution in [0.2, 0.25) is 5.02 Å². The molecule has 21 heavy (non-hydrogen) atoms. The van der Waals surface area contributed by atoms with Gasteiger partial charge in [-0.2, -0.15) is 0 Å². The molecule has 0 fully saturated rings. The molecule has 7 heteroatoms. The van der Waals surface area contributed by atoms with Crippen LogP contribution in [-0.4, -0.2) is 21.7 Å². The van der Waals surface area contributed by atoms with Crippen molar-refractivity contribution >= 4 is 51.3 Å². The predicted octanol–water partition coefficient (Wildman–Crippen LogP) is 4.70. The minimum Gasteiger partial charge on any atom is -0.330 e. The minimum atomic E-state index is 0.228. The van der Waals surface area contributed by atoms with Crippen molar-refractivity contribution in [3.8, 4) is 0 Å². The third-order valence-corrected chi connectivity index (χ3v) is 5.28. The highest BCUT2D eigenvalue weighted by Gasteiger charge is 2.08. The Kier molecular flexibility index (Phi) is 6.02. The number of benzene rings is 1. The fraction of sp³-hybridized carbons (Fsp3) is 0.357. The Balaban J connectivity index is 1.91. The second kappa shape index (κ2) is 7.77. The van der Waals surface area contributed by atoms with E-state index in [9.17, 15) is 4.79 Å². The number of thioether (sulfide) groups is 1. The number of rotatable bonds is 7. The second-order valence-corrected chi connectivity index (χ2v) is 7.29. The summed E-state index contributed by atoms with van der Waals surface area (Å²) in [5.41, 5.74) is 1.93. The molecule has 0 spiro atoms. The maximum Gasteiger partial charge on any atom is 0.210 e. The van der Waals surface area contributed by atoms with Crippen LogP contribution in [-0.2, 0) is 4.79 Å². The summed E-state index contributed by atoms with van der Waals surface area (Å²) in [5.74, 6) is 1.11. The Bertz CT molecular complexity index is 630. The van der Waals surface area contributed by atoms with Gasteiger partial charge in [-0.3, -0.25) is 0 Å². The van der Waals surface area contributed by atoms with Crippen molar-refractivity contribution < 1.29 is 4.79 Å². The van der Waals surface area contributed by atoms with Crippen LogP contribution < -0.4 is 5.32 Å².